The van der Waals surface area contributed by atoms with E-state index in [1.165, 1.54) is 23.9 Å². The zero-order valence-corrected chi connectivity index (χ0v) is 20.2. The molecule has 36 heavy (non-hydrogen) atoms. The summed E-state index contributed by atoms with van der Waals surface area (Å²) in [7, 11) is 0. The molecule has 0 aromatic heterocycles. The number of nitrogens with zero attached hydrogens (tertiary/aromatic N) is 2. The normalized spacial score (nSPS) is 16.1. The lowest BCUT2D eigenvalue weighted by Crippen LogP contribution is -2.38. The molecule has 6 nitrogen and oxygen atoms in total. The van der Waals surface area contributed by atoms with Gasteiger partial charge in [0.1, 0.15) is 36.4 Å². The van der Waals surface area contributed by atoms with E-state index in [1.54, 1.807) is 35.2 Å². The third kappa shape index (κ3) is 4.94. The molecule has 1 N–H and O–H groups in total. The Hall–Kier alpha value is -4.17. The van der Waals surface area contributed by atoms with Gasteiger partial charge in [0, 0.05) is 5.41 Å². The van der Waals surface area contributed by atoms with Crippen LogP contribution in [-0.4, -0.2) is 35.0 Å². The number of aryl methyl sites for hydroxylation is 1. The van der Waals surface area contributed by atoms with Crippen LogP contribution in [0.4, 0.5) is 4.39 Å². The lowest BCUT2D eigenvalue weighted by atomic mass is 10.1. The second kappa shape index (κ2) is 10.2. The van der Waals surface area contributed by atoms with E-state index in [4.69, 9.17) is 14.9 Å². The molecule has 3 aromatic carbocycles. The summed E-state index contributed by atoms with van der Waals surface area (Å²) < 4.78 is 24.9. The standard InChI is InChI=1S/C28H22FN3O3S/c1-18-4-2-3-5-25(18)35-15-14-34-22-12-6-19(7-13-22)16-23-26(30)32-24(17-36-28(32)31-27(23)33)20-8-10-21(29)11-9-20/h2-13,16-17,30H,14-15H2,1H3/b23-16-,30-26?. The third-order valence-electron chi connectivity index (χ3n) is 5.65. The van der Waals surface area contributed by atoms with Gasteiger partial charge in [-0.25, -0.2) is 4.39 Å². The highest BCUT2D eigenvalue weighted by Gasteiger charge is 2.36. The summed E-state index contributed by atoms with van der Waals surface area (Å²) in [6.45, 7) is 2.80. The van der Waals surface area contributed by atoms with Gasteiger partial charge in [-0.1, -0.05) is 42.1 Å². The Bertz CT molecular complexity index is 1410. The van der Waals surface area contributed by atoms with Gasteiger partial charge >= 0.3 is 0 Å². The predicted molar refractivity (Wildman–Crippen MR) is 141 cm³/mol. The van der Waals surface area contributed by atoms with Crippen molar-refractivity contribution >= 4 is 40.4 Å². The van der Waals surface area contributed by atoms with E-state index in [-0.39, 0.29) is 17.2 Å². The Kier molecular flexibility index (Phi) is 6.69. The van der Waals surface area contributed by atoms with E-state index in [2.05, 4.69) is 4.99 Å². The molecule has 3 aromatic rings. The maximum Gasteiger partial charge on any atom is 0.283 e. The topological polar surface area (TPSA) is 75.0 Å². The molecular weight excluding hydrogens is 477 g/mol. The average molecular weight is 500 g/mol. The number of carbonyl (C=O) groups is 1. The number of thioether (sulfide) groups is 1. The Morgan fingerprint density at radius 2 is 1.72 bits per heavy atom. The van der Waals surface area contributed by atoms with Crippen LogP contribution in [-0.2, 0) is 4.79 Å². The van der Waals surface area contributed by atoms with Crippen molar-refractivity contribution in [2.75, 3.05) is 13.2 Å². The largest absolute Gasteiger partial charge is 0.490 e. The number of ether oxygens (including phenoxy) is 2. The number of amidine groups is 2. The number of halogens is 1. The van der Waals surface area contributed by atoms with Gasteiger partial charge < -0.3 is 9.47 Å². The highest BCUT2D eigenvalue weighted by Crippen LogP contribution is 2.37. The number of para-hydroxylation sites is 1. The SMILES string of the molecule is Cc1ccccc1OCCOc1ccc(/C=C2/C(=N)N3C(c4ccc(F)cc4)=CSC3=NC2=O)cc1. The van der Waals surface area contributed by atoms with Crippen molar-refractivity contribution in [3.05, 3.63) is 106 Å². The summed E-state index contributed by atoms with van der Waals surface area (Å²) in [6, 6.07) is 21.1. The van der Waals surface area contributed by atoms with Crippen LogP contribution < -0.4 is 9.47 Å². The van der Waals surface area contributed by atoms with E-state index >= 15 is 0 Å². The van der Waals surface area contributed by atoms with E-state index in [9.17, 15) is 9.18 Å². The van der Waals surface area contributed by atoms with Crippen LogP contribution in [0.3, 0.4) is 0 Å². The minimum absolute atomic E-state index is 0.0271. The molecule has 8 heteroatoms. The summed E-state index contributed by atoms with van der Waals surface area (Å²) in [6.07, 6.45) is 1.64. The molecule has 0 radical (unpaired) electrons. The molecule has 0 aliphatic carbocycles. The van der Waals surface area contributed by atoms with Gasteiger partial charge in [-0.15, -0.1) is 0 Å². The Morgan fingerprint density at radius 3 is 2.47 bits per heavy atom. The van der Waals surface area contributed by atoms with Crippen LogP contribution in [0.5, 0.6) is 11.5 Å². The quantitative estimate of drug-likeness (QED) is 0.324. The van der Waals surface area contributed by atoms with E-state index in [0.717, 1.165) is 22.4 Å². The van der Waals surface area contributed by atoms with Crippen LogP contribution in [0.1, 0.15) is 16.7 Å². The minimum Gasteiger partial charge on any atom is -0.490 e. The molecule has 0 bridgehead atoms. The summed E-state index contributed by atoms with van der Waals surface area (Å²) in [5.74, 6) is 0.728. The highest BCUT2D eigenvalue weighted by atomic mass is 32.2. The molecule has 2 aliphatic rings. The van der Waals surface area contributed by atoms with Crippen molar-refractivity contribution in [1.82, 2.24) is 4.90 Å². The van der Waals surface area contributed by atoms with Crippen LogP contribution in [0.15, 0.2) is 88.8 Å². The highest BCUT2D eigenvalue weighted by molar-refractivity contribution is 8.17. The number of hydrogen-bond donors (Lipinski definition) is 1. The molecule has 1 amide bonds. The molecule has 0 saturated carbocycles. The number of amides is 1. The van der Waals surface area contributed by atoms with Crippen LogP contribution in [0, 0.1) is 18.2 Å². The number of nitrogens with one attached hydrogen (secondary N) is 1. The molecule has 0 unspecified atom stereocenters. The van der Waals surface area contributed by atoms with Crippen molar-refractivity contribution < 1.29 is 18.7 Å². The van der Waals surface area contributed by atoms with Crippen LogP contribution in [0.25, 0.3) is 11.8 Å². The first kappa shape index (κ1) is 23.6. The second-order valence-corrected chi connectivity index (χ2v) is 8.94. The van der Waals surface area contributed by atoms with Crippen molar-refractivity contribution in [2.24, 2.45) is 4.99 Å². The molecular formula is C28H22FN3O3S. The minimum atomic E-state index is -0.471. The van der Waals surface area contributed by atoms with Gasteiger partial charge in [-0.3, -0.25) is 15.1 Å². The van der Waals surface area contributed by atoms with Gasteiger partial charge in [-0.2, -0.15) is 4.99 Å². The molecule has 5 rings (SSSR count). The molecule has 0 saturated heterocycles. The fourth-order valence-electron chi connectivity index (χ4n) is 3.78. The third-order valence-corrected chi connectivity index (χ3v) is 6.47. The van der Waals surface area contributed by atoms with Crippen molar-refractivity contribution in [3.8, 4) is 11.5 Å². The molecule has 0 atom stereocenters. The number of aliphatic imine (C=N–C) groups is 1. The number of rotatable bonds is 7. The summed E-state index contributed by atoms with van der Waals surface area (Å²) >= 11 is 1.26. The number of fused-ring (bicyclic) bond motifs is 1. The lowest BCUT2D eigenvalue weighted by Gasteiger charge is -2.26. The number of carbonyl (C=O) groups excluding carboxylic acids is 1. The first-order valence-electron chi connectivity index (χ1n) is 11.3. The van der Waals surface area contributed by atoms with Gasteiger partial charge in [-0.05, 0) is 72.2 Å². The number of hydrogen-bond acceptors (Lipinski definition) is 5. The smallest absolute Gasteiger partial charge is 0.283 e. The Morgan fingerprint density at radius 1 is 1.00 bits per heavy atom. The first-order valence-corrected chi connectivity index (χ1v) is 12.2. The van der Waals surface area contributed by atoms with E-state index < -0.39 is 5.91 Å². The van der Waals surface area contributed by atoms with Crippen molar-refractivity contribution in [2.45, 2.75) is 6.92 Å². The van der Waals surface area contributed by atoms with Crippen LogP contribution >= 0.6 is 11.8 Å². The Labute approximate surface area is 212 Å². The molecule has 180 valence electrons. The monoisotopic (exact) mass is 499 g/mol. The molecule has 2 heterocycles. The van der Waals surface area contributed by atoms with Gasteiger partial charge in [0.25, 0.3) is 5.91 Å². The first-order chi connectivity index (χ1) is 17.5. The average Bonchev–Trinajstić information content (AvgIpc) is 3.30. The van der Waals surface area contributed by atoms with Crippen LogP contribution in [0.2, 0.25) is 0 Å². The lowest BCUT2D eigenvalue weighted by molar-refractivity contribution is -0.114. The fourth-order valence-corrected chi connectivity index (χ4v) is 4.67. The second-order valence-electron chi connectivity index (χ2n) is 8.10. The Balaban J connectivity index is 1.25. The predicted octanol–water partition coefficient (Wildman–Crippen LogP) is 5.90. The zero-order chi connectivity index (χ0) is 25.1. The summed E-state index contributed by atoms with van der Waals surface area (Å²) in [4.78, 5) is 18.4. The van der Waals surface area contributed by atoms with Crippen molar-refractivity contribution in [3.63, 3.8) is 0 Å². The summed E-state index contributed by atoms with van der Waals surface area (Å²) in [5.41, 5.74) is 3.40. The van der Waals surface area contributed by atoms with Crippen molar-refractivity contribution in [1.29, 1.82) is 5.41 Å². The molecule has 2 aliphatic heterocycles. The van der Waals surface area contributed by atoms with Gasteiger partial charge in [0.15, 0.2) is 5.17 Å². The van der Waals surface area contributed by atoms with Gasteiger partial charge in [0.2, 0.25) is 0 Å². The molecule has 0 spiro atoms. The maximum absolute atomic E-state index is 13.4. The van der Waals surface area contributed by atoms with E-state index in [0.29, 0.717) is 29.8 Å². The molecule has 0 fully saturated rings. The van der Waals surface area contributed by atoms with E-state index in [1.807, 2.05) is 48.7 Å². The summed E-state index contributed by atoms with van der Waals surface area (Å²) in [5, 5.41) is 10.9. The fraction of sp³-hybridized carbons (Fsp3) is 0.107. The number of benzene rings is 3. The van der Waals surface area contributed by atoms with Gasteiger partial charge in [0.05, 0.1) is 11.3 Å². The maximum atomic E-state index is 13.4. The zero-order valence-electron chi connectivity index (χ0n) is 19.4.